The molecule has 2 aromatic carbocycles. The Morgan fingerprint density at radius 2 is 1.74 bits per heavy atom. The summed E-state index contributed by atoms with van der Waals surface area (Å²) in [5.74, 6) is 0.760. The second kappa shape index (κ2) is 10.8. The second-order valence-electron chi connectivity index (χ2n) is 8.00. The summed E-state index contributed by atoms with van der Waals surface area (Å²) in [6.45, 7) is 8.04. The highest BCUT2D eigenvalue weighted by Gasteiger charge is 2.32. The third-order valence-electron chi connectivity index (χ3n) is 6.18. The van der Waals surface area contributed by atoms with Gasteiger partial charge in [0, 0.05) is 17.8 Å². The van der Waals surface area contributed by atoms with Crippen LogP contribution >= 0.6 is 11.6 Å². The molecule has 0 aromatic heterocycles. The highest BCUT2D eigenvalue weighted by atomic mass is 35.5. The molecule has 31 heavy (non-hydrogen) atoms. The SMILES string of the molecule is C=C1C=C(Cl)C=C(C(O)C2CCC(c3ccc4ccccc4c3)CC2)N1C=NC.CC. The normalized spacial score (nSPS) is 22.6. The average molecular weight is 437 g/mol. The summed E-state index contributed by atoms with van der Waals surface area (Å²) >= 11 is 6.25. The Morgan fingerprint density at radius 1 is 1.06 bits per heavy atom. The zero-order valence-corrected chi connectivity index (χ0v) is 19.5. The van der Waals surface area contributed by atoms with Gasteiger partial charge in [0.2, 0.25) is 0 Å². The molecule has 0 spiro atoms. The zero-order valence-electron chi connectivity index (χ0n) is 18.8. The maximum Gasteiger partial charge on any atom is 0.0972 e. The molecule has 4 rings (SSSR count). The lowest BCUT2D eigenvalue weighted by atomic mass is 9.75. The number of hydrogen-bond donors (Lipinski definition) is 1. The van der Waals surface area contributed by atoms with Gasteiger partial charge in [0.1, 0.15) is 0 Å². The van der Waals surface area contributed by atoms with Crippen molar-refractivity contribution < 1.29 is 5.11 Å². The Morgan fingerprint density at radius 3 is 2.42 bits per heavy atom. The molecule has 1 aliphatic heterocycles. The van der Waals surface area contributed by atoms with E-state index < -0.39 is 6.10 Å². The summed E-state index contributed by atoms with van der Waals surface area (Å²) in [5, 5.41) is 14.3. The molecule has 0 bridgehead atoms. The van der Waals surface area contributed by atoms with Crippen LogP contribution in [0.3, 0.4) is 0 Å². The number of fused-ring (bicyclic) bond motifs is 1. The van der Waals surface area contributed by atoms with Crippen LogP contribution in [0.15, 0.2) is 82.6 Å². The van der Waals surface area contributed by atoms with Gasteiger partial charge in [0.15, 0.2) is 0 Å². The Bertz CT molecular complexity index is 999. The van der Waals surface area contributed by atoms with E-state index in [2.05, 4.69) is 54.0 Å². The molecule has 0 saturated heterocycles. The summed E-state index contributed by atoms with van der Waals surface area (Å²) < 4.78 is 0. The number of benzene rings is 2. The predicted molar refractivity (Wildman–Crippen MR) is 133 cm³/mol. The first kappa shape index (κ1) is 23.3. The van der Waals surface area contributed by atoms with E-state index in [-0.39, 0.29) is 5.92 Å². The van der Waals surface area contributed by atoms with Crippen LogP contribution < -0.4 is 0 Å². The van der Waals surface area contributed by atoms with Gasteiger partial charge >= 0.3 is 0 Å². The lowest BCUT2D eigenvalue weighted by molar-refractivity contribution is 0.0966. The van der Waals surface area contributed by atoms with E-state index in [0.29, 0.717) is 11.0 Å². The third-order valence-corrected chi connectivity index (χ3v) is 6.39. The quantitative estimate of drug-likeness (QED) is 0.414. The van der Waals surface area contributed by atoms with Crippen molar-refractivity contribution in [1.29, 1.82) is 0 Å². The van der Waals surface area contributed by atoms with E-state index in [9.17, 15) is 5.11 Å². The molecule has 1 aliphatic carbocycles. The smallest absolute Gasteiger partial charge is 0.0972 e. The van der Waals surface area contributed by atoms with E-state index in [0.717, 1.165) is 37.1 Å². The molecule has 1 atom stereocenters. The van der Waals surface area contributed by atoms with Crippen molar-refractivity contribution in [3.8, 4) is 0 Å². The molecule has 1 heterocycles. The van der Waals surface area contributed by atoms with E-state index in [1.165, 1.54) is 16.3 Å². The minimum atomic E-state index is -0.579. The van der Waals surface area contributed by atoms with Crippen molar-refractivity contribution >= 4 is 28.7 Å². The van der Waals surface area contributed by atoms with Gasteiger partial charge in [0.05, 0.1) is 18.1 Å². The highest BCUT2D eigenvalue weighted by Crippen LogP contribution is 2.40. The molecule has 0 amide bonds. The molecular formula is C27H33ClN2O. The largest absolute Gasteiger partial charge is 0.387 e. The number of nitrogens with zero attached hydrogens (tertiary/aromatic N) is 2. The highest BCUT2D eigenvalue weighted by molar-refractivity contribution is 6.31. The fourth-order valence-electron chi connectivity index (χ4n) is 4.60. The molecule has 4 heteroatoms. The first-order chi connectivity index (χ1) is 15.1. The Hall–Kier alpha value is -2.36. The van der Waals surface area contributed by atoms with Crippen LogP contribution in [0.4, 0.5) is 0 Å². The van der Waals surface area contributed by atoms with Crippen molar-refractivity contribution in [2.24, 2.45) is 10.9 Å². The van der Waals surface area contributed by atoms with Crippen LogP contribution in [0.5, 0.6) is 0 Å². The Balaban J connectivity index is 0.00000132. The monoisotopic (exact) mass is 436 g/mol. The van der Waals surface area contributed by atoms with Gasteiger partial charge < -0.3 is 10.0 Å². The summed E-state index contributed by atoms with van der Waals surface area (Å²) in [5.41, 5.74) is 2.90. The van der Waals surface area contributed by atoms with Crippen molar-refractivity contribution in [1.82, 2.24) is 4.90 Å². The summed E-state index contributed by atoms with van der Waals surface area (Å²) in [7, 11) is 1.71. The zero-order chi connectivity index (χ0) is 22.4. The summed E-state index contributed by atoms with van der Waals surface area (Å²) in [6.07, 6.45) is 8.87. The van der Waals surface area contributed by atoms with E-state index >= 15 is 0 Å². The van der Waals surface area contributed by atoms with Crippen molar-refractivity contribution in [3.05, 3.63) is 83.2 Å². The van der Waals surface area contributed by atoms with Crippen molar-refractivity contribution in [3.63, 3.8) is 0 Å². The topological polar surface area (TPSA) is 35.8 Å². The maximum atomic E-state index is 11.1. The molecular weight excluding hydrogens is 404 g/mol. The van der Waals surface area contributed by atoms with Crippen LogP contribution in [-0.2, 0) is 0 Å². The van der Waals surface area contributed by atoms with E-state index in [1.54, 1.807) is 19.5 Å². The van der Waals surface area contributed by atoms with Crippen LogP contribution in [0.25, 0.3) is 10.8 Å². The number of allylic oxidation sites excluding steroid dienone is 3. The number of rotatable bonds is 4. The predicted octanol–water partition coefficient (Wildman–Crippen LogP) is 6.99. The molecule has 1 unspecified atom stereocenters. The molecule has 1 N–H and O–H groups in total. The van der Waals surface area contributed by atoms with Gasteiger partial charge in [0.25, 0.3) is 0 Å². The molecule has 164 valence electrons. The first-order valence-electron chi connectivity index (χ1n) is 11.2. The van der Waals surface area contributed by atoms with Gasteiger partial charge in [-0.25, -0.2) is 0 Å². The fraction of sp³-hybridized carbons (Fsp3) is 0.370. The maximum absolute atomic E-state index is 11.1. The third kappa shape index (κ3) is 5.28. The lowest BCUT2D eigenvalue weighted by Gasteiger charge is -2.36. The molecule has 0 radical (unpaired) electrons. The number of aliphatic hydroxyl groups is 1. The van der Waals surface area contributed by atoms with Crippen LogP contribution in [0.2, 0.25) is 0 Å². The minimum absolute atomic E-state index is 0.209. The van der Waals surface area contributed by atoms with E-state index in [4.69, 9.17) is 11.6 Å². The number of hydrogen-bond acceptors (Lipinski definition) is 2. The number of aliphatic hydroxyl groups excluding tert-OH is 1. The Kier molecular flexibility index (Phi) is 8.11. The van der Waals surface area contributed by atoms with E-state index in [1.807, 2.05) is 24.8 Å². The summed E-state index contributed by atoms with van der Waals surface area (Å²) in [6, 6.07) is 15.3. The van der Waals surface area contributed by atoms with Crippen LogP contribution in [0, 0.1) is 5.92 Å². The molecule has 2 aromatic rings. The van der Waals surface area contributed by atoms with Crippen molar-refractivity contribution in [2.75, 3.05) is 7.05 Å². The Labute approximate surface area is 191 Å². The standard InChI is InChI=1S/C25H27ClN2O.C2H6/c1-17-13-23(26)15-24(28(17)16-27-2)25(29)20-10-7-19(8-11-20)22-12-9-18-5-3-4-6-21(18)14-22;1-2/h3-6,9,12-16,19-20,25,29H,1,7-8,10-11H2,2H3;1-2H3. The van der Waals surface area contributed by atoms with Gasteiger partial charge in [-0.2, -0.15) is 0 Å². The first-order valence-corrected chi connectivity index (χ1v) is 11.6. The number of aliphatic imine (C=N–C) groups is 1. The van der Waals surface area contributed by atoms with Gasteiger partial charge in [-0.3, -0.25) is 4.99 Å². The van der Waals surface area contributed by atoms with Gasteiger partial charge in [-0.1, -0.05) is 74.5 Å². The summed E-state index contributed by atoms with van der Waals surface area (Å²) in [4.78, 5) is 5.94. The average Bonchev–Trinajstić information content (AvgIpc) is 2.81. The second-order valence-corrected chi connectivity index (χ2v) is 8.43. The fourth-order valence-corrected chi connectivity index (χ4v) is 4.84. The van der Waals surface area contributed by atoms with Gasteiger partial charge in [-0.15, -0.1) is 0 Å². The molecule has 1 fully saturated rings. The van der Waals surface area contributed by atoms with Crippen LogP contribution in [0.1, 0.15) is 51.0 Å². The molecule has 3 nitrogen and oxygen atoms in total. The lowest BCUT2D eigenvalue weighted by Crippen LogP contribution is -2.35. The van der Waals surface area contributed by atoms with Crippen molar-refractivity contribution in [2.45, 2.75) is 51.6 Å². The van der Waals surface area contributed by atoms with Crippen LogP contribution in [-0.4, -0.2) is 29.5 Å². The molecule has 1 saturated carbocycles. The molecule has 2 aliphatic rings. The number of halogens is 1. The van der Waals surface area contributed by atoms with Gasteiger partial charge in [-0.05, 0) is 66.0 Å². The minimum Gasteiger partial charge on any atom is -0.387 e.